The maximum Gasteiger partial charge on any atom is 0.274 e. The van der Waals surface area contributed by atoms with Crippen LogP contribution in [-0.2, 0) is 0 Å². The van der Waals surface area contributed by atoms with Crippen molar-refractivity contribution in [2.24, 2.45) is 0 Å². The lowest BCUT2D eigenvalue weighted by atomic mass is 10.1. The molecule has 0 spiro atoms. The Labute approximate surface area is 147 Å². The number of carbonyl (C=O) groups excluding carboxylic acids is 1. The molecule has 3 heterocycles. The Bertz CT molecular complexity index is 1150. The van der Waals surface area contributed by atoms with E-state index < -0.39 is 0 Å². The second kappa shape index (κ2) is 6.14. The summed E-state index contributed by atoms with van der Waals surface area (Å²) in [5, 5.41) is 19.7. The molecule has 8 nitrogen and oxygen atoms in total. The monoisotopic (exact) mass is 344 g/mol. The summed E-state index contributed by atoms with van der Waals surface area (Å²) in [6.07, 6.45) is 4.29. The number of fused-ring (bicyclic) bond motifs is 1. The van der Waals surface area contributed by atoms with Crippen molar-refractivity contribution >= 4 is 22.5 Å². The molecule has 1 amide bonds. The number of aryl methyl sites for hydroxylation is 1. The number of hydrogen-bond donors (Lipinski definition) is 2. The summed E-state index contributed by atoms with van der Waals surface area (Å²) in [6, 6.07) is 9.01. The summed E-state index contributed by atoms with van der Waals surface area (Å²) in [4.78, 5) is 20.5. The molecular formula is C18H12N6O2. The maximum atomic E-state index is 12.5. The van der Waals surface area contributed by atoms with Crippen LogP contribution in [0, 0.1) is 18.3 Å². The molecule has 126 valence electrons. The smallest absolute Gasteiger partial charge is 0.274 e. The fourth-order valence-electron chi connectivity index (χ4n) is 2.68. The molecule has 26 heavy (non-hydrogen) atoms. The average molecular weight is 344 g/mol. The van der Waals surface area contributed by atoms with Gasteiger partial charge in [0.15, 0.2) is 12.2 Å². The molecule has 0 atom stereocenters. The second-order valence-corrected chi connectivity index (χ2v) is 5.65. The summed E-state index contributed by atoms with van der Waals surface area (Å²) in [5.41, 5.74) is 3.33. The van der Waals surface area contributed by atoms with Gasteiger partial charge in [0.05, 0.1) is 17.3 Å². The number of nitrogens with zero attached hydrogens (tertiary/aromatic N) is 4. The van der Waals surface area contributed by atoms with Gasteiger partial charge in [0.2, 0.25) is 0 Å². The minimum Gasteiger partial charge on any atom is -0.442 e. The first-order valence-electron chi connectivity index (χ1n) is 7.71. The van der Waals surface area contributed by atoms with Crippen LogP contribution >= 0.6 is 0 Å². The Morgan fingerprint density at radius 1 is 1.31 bits per heavy atom. The van der Waals surface area contributed by atoms with Crippen molar-refractivity contribution in [1.82, 2.24) is 20.2 Å². The van der Waals surface area contributed by atoms with Crippen molar-refractivity contribution in [2.75, 3.05) is 5.32 Å². The third-order valence-corrected chi connectivity index (χ3v) is 3.91. The molecule has 0 fully saturated rings. The fraction of sp³-hybridized carbons (Fsp3) is 0.0556. The summed E-state index contributed by atoms with van der Waals surface area (Å²) in [5.74, 6) is 0.181. The highest BCUT2D eigenvalue weighted by Gasteiger charge is 2.15. The highest BCUT2D eigenvalue weighted by molar-refractivity contribution is 6.05. The zero-order valence-corrected chi connectivity index (χ0v) is 13.6. The van der Waals surface area contributed by atoms with E-state index >= 15 is 0 Å². The molecule has 2 N–H and O–H groups in total. The predicted octanol–water partition coefficient (Wildman–Crippen LogP) is 3.05. The molecule has 0 aliphatic rings. The van der Waals surface area contributed by atoms with Crippen molar-refractivity contribution in [3.63, 3.8) is 0 Å². The maximum absolute atomic E-state index is 12.5. The number of amides is 1. The second-order valence-electron chi connectivity index (χ2n) is 5.65. The van der Waals surface area contributed by atoms with Crippen molar-refractivity contribution in [3.05, 3.63) is 59.9 Å². The number of H-pyrrole nitrogens is 1. The average Bonchev–Trinajstić information content (AvgIpc) is 3.30. The lowest BCUT2D eigenvalue weighted by Gasteiger charge is -2.07. The number of rotatable bonds is 3. The number of pyridine rings is 1. The van der Waals surface area contributed by atoms with Gasteiger partial charge in [0.1, 0.15) is 17.5 Å². The number of nitrogens with one attached hydrogen (secondary N) is 2. The van der Waals surface area contributed by atoms with E-state index in [4.69, 9.17) is 9.68 Å². The molecule has 0 unspecified atom stereocenters. The lowest BCUT2D eigenvalue weighted by Crippen LogP contribution is -2.15. The quantitative estimate of drug-likeness (QED) is 0.589. The number of aromatic amines is 1. The van der Waals surface area contributed by atoms with Crippen molar-refractivity contribution in [3.8, 4) is 17.5 Å². The highest BCUT2D eigenvalue weighted by atomic mass is 16.3. The normalized spacial score (nSPS) is 10.6. The van der Waals surface area contributed by atoms with Gasteiger partial charge in [0, 0.05) is 17.3 Å². The van der Waals surface area contributed by atoms with Gasteiger partial charge in [0.25, 0.3) is 5.91 Å². The third-order valence-electron chi connectivity index (χ3n) is 3.91. The summed E-state index contributed by atoms with van der Waals surface area (Å²) in [6.45, 7) is 1.74. The Hall–Kier alpha value is -3.99. The Morgan fingerprint density at radius 3 is 2.92 bits per heavy atom. The van der Waals surface area contributed by atoms with E-state index in [1.165, 1.54) is 12.6 Å². The van der Waals surface area contributed by atoms with E-state index in [0.29, 0.717) is 28.3 Å². The van der Waals surface area contributed by atoms with Gasteiger partial charge < -0.3 is 9.73 Å². The zero-order valence-electron chi connectivity index (χ0n) is 13.6. The van der Waals surface area contributed by atoms with E-state index in [1.807, 2.05) is 12.1 Å². The Kier molecular flexibility index (Phi) is 3.67. The molecule has 4 aromatic rings. The Morgan fingerprint density at radius 2 is 2.19 bits per heavy atom. The van der Waals surface area contributed by atoms with Gasteiger partial charge in [-0.3, -0.25) is 9.89 Å². The first-order chi connectivity index (χ1) is 12.7. The summed E-state index contributed by atoms with van der Waals surface area (Å²) in [7, 11) is 0. The van der Waals surface area contributed by atoms with Gasteiger partial charge in [-0.25, -0.2) is 9.97 Å². The lowest BCUT2D eigenvalue weighted by molar-refractivity contribution is 0.102. The van der Waals surface area contributed by atoms with E-state index in [-0.39, 0.29) is 11.6 Å². The number of anilines is 1. The van der Waals surface area contributed by atoms with Crippen LogP contribution < -0.4 is 5.32 Å². The third kappa shape index (κ3) is 2.67. The molecule has 0 saturated heterocycles. The molecule has 0 aliphatic heterocycles. The molecule has 0 aliphatic carbocycles. The van der Waals surface area contributed by atoms with Crippen LogP contribution in [0.25, 0.3) is 22.4 Å². The molecular weight excluding hydrogens is 332 g/mol. The number of aromatic nitrogens is 4. The molecule has 8 heteroatoms. The molecule has 0 saturated carbocycles. The largest absolute Gasteiger partial charge is 0.442 e. The van der Waals surface area contributed by atoms with Gasteiger partial charge in [-0.15, -0.1) is 0 Å². The molecule has 4 rings (SSSR count). The van der Waals surface area contributed by atoms with Crippen molar-refractivity contribution < 1.29 is 9.21 Å². The fourth-order valence-corrected chi connectivity index (χ4v) is 2.68. The number of carbonyl (C=O) groups is 1. The van der Waals surface area contributed by atoms with Crippen LogP contribution in [0.1, 0.15) is 21.6 Å². The van der Waals surface area contributed by atoms with Crippen molar-refractivity contribution in [1.29, 1.82) is 5.26 Å². The topological polar surface area (TPSA) is 120 Å². The minimum absolute atomic E-state index is 0.270. The van der Waals surface area contributed by atoms with Gasteiger partial charge >= 0.3 is 0 Å². The summed E-state index contributed by atoms with van der Waals surface area (Å²) < 4.78 is 5.30. The number of oxazole rings is 1. The number of nitriles is 1. The number of hydrogen-bond acceptors (Lipinski definition) is 6. The standard InChI is InChI=1S/C18H12N6O2/c1-10-4-11(6-19)7-21-16(10)18(25)22-12-2-3-14-13(5-12)17(24-23-14)15-8-20-9-26-15/h2-5,7-9H,1H3,(H,22,25)(H,23,24). The van der Waals surface area contributed by atoms with Gasteiger partial charge in [-0.05, 0) is 36.8 Å². The van der Waals surface area contributed by atoms with Crippen LogP contribution in [0.2, 0.25) is 0 Å². The molecule has 0 radical (unpaired) electrons. The van der Waals surface area contributed by atoms with Gasteiger partial charge in [-0.1, -0.05) is 0 Å². The molecule has 3 aromatic heterocycles. The van der Waals surface area contributed by atoms with Crippen LogP contribution in [0.5, 0.6) is 0 Å². The van der Waals surface area contributed by atoms with Crippen LogP contribution in [0.3, 0.4) is 0 Å². The highest BCUT2D eigenvalue weighted by Crippen LogP contribution is 2.28. The summed E-state index contributed by atoms with van der Waals surface area (Å²) >= 11 is 0. The van der Waals surface area contributed by atoms with Crippen molar-refractivity contribution in [2.45, 2.75) is 6.92 Å². The van der Waals surface area contributed by atoms with E-state index in [9.17, 15) is 4.79 Å². The number of benzene rings is 1. The zero-order chi connectivity index (χ0) is 18.1. The van der Waals surface area contributed by atoms with E-state index in [1.54, 1.807) is 31.3 Å². The minimum atomic E-state index is -0.351. The van der Waals surface area contributed by atoms with E-state index in [0.717, 1.165) is 10.9 Å². The van der Waals surface area contributed by atoms with Crippen LogP contribution in [-0.4, -0.2) is 26.1 Å². The molecule has 1 aromatic carbocycles. The van der Waals surface area contributed by atoms with Crippen LogP contribution in [0.15, 0.2) is 47.5 Å². The first-order valence-corrected chi connectivity index (χ1v) is 7.71. The van der Waals surface area contributed by atoms with Gasteiger partial charge in [-0.2, -0.15) is 10.4 Å². The van der Waals surface area contributed by atoms with Crippen LogP contribution in [0.4, 0.5) is 5.69 Å². The SMILES string of the molecule is Cc1cc(C#N)cnc1C(=O)Nc1ccc2[nH]nc(-c3cnco3)c2c1. The first kappa shape index (κ1) is 15.5. The predicted molar refractivity (Wildman–Crippen MR) is 93.2 cm³/mol. The van der Waals surface area contributed by atoms with E-state index in [2.05, 4.69) is 25.5 Å². The Balaban J connectivity index is 1.66. The molecule has 0 bridgehead atoms.